The van der Waals surface area contributed by atoms with Crippen LogP contribution in [-0.2, 0) is 23.9 Å². The quantitative estimate of drug-likeness (QED) is 0.137. The van der Waals surface area contributed by atoms with Gasteiger partial charge in [-0.2, -0.15) is 0 Å². The second-order valence-electron chi connectivity index (χ2n) is 9.66. The first-order chi connectivity index (χ1) is 20.9. The number of aliphatic imine (C=N–C) groups is 1. The summed E-state index contributed by atoms with van der Waals surface area (Å²) in [5.74, 6) is -1.83. The fraction of sp³-hybridized carbons (Fsp3) is 0.407. The maximum absolute atomic E-state index is 12.7. The average molecular weight is 892 g/mol. The van der Waals surface area contributed by atoms with Crippen LogP contribution >= 0.6 is 75.3 Å². The first-order valence-corrected chi connectivity index (χ1v) is 16.6. The maximum Gasteiger partial charge on any atom is 0.311 e. The number of nitrogens with zero attached hydrogens (tertiary/aromatic N) is 2. The molecule has 1 amide bonds. The normalized spacial score (nSPS) is 24.2. The number of hydrogen-bond acceptors (Lipinski definition) is 11. The molecule has 17 heteroatoms. The Morgan fingerprint density at radius 3 is 2.66 bits per heavy atom. The number of amides is 1. The highest BCUT2D eigenvalue weighted by Crippen LogP contribution is 2.41. The predicted octanol–water partition coefficient (Wildman–Crippen LogP) is 4.95. The minimum atomic E-state index is -1.64. The zero-order valence-corrected chi connectivity index (χ0v) is 30.0. The first kappa shape index (κ1) is 34.9. The van der Waals surface area contributed by atoms with E-state index in [4.69, 9.17) is 30.6 Å². The van der Waals surface area contributed by atoms with Crippen LogP contribution in [0.2, 0.25) is 0 Å². The number of ether oxygens (including phenoxy) is 3. The lowest BCUT2D eigenvalue weighted by Gasteiger charge is -2.27. The molecule has 0 radical (unpaired) electrons. The molecule has 4 unspecified atom stereocenters. The van der Waals surface area contributed by atoms with E-state index in [-0.39, 0.29) is 55.4 Å². The molecule has 4 rings (SSSR count). The molecule has 44 heavy (non-hydrogen) atoms. The van der Waals surface area contributed by atoms with Gasteiger partial charge in [-0.15, -0.1) is 11.6 Å². The van der Waals surface area contributed by atoms with Crippen molar-refractivity contribution in [3.63, 3.8) is 0 Å². The number of ketones is 1. The number of carbonyl (C=O) groups is 2. The SMILES string of the molecule is COC1=C(Br)CC2(OC=C1Br)ON=C(C(=O)NCCCOc1c(Br)cc(C(O)CN=CC3=C(O)C(Cl)CC3=O)cc1Br)C2O. The number of rotatable bonds is 11. The Morgan fingerprint density at radius 2 is 2.02 bits per heavy atom. The summed E-state index contributed by atoms with van der Waals surface area (Å²) < 4.78 is 19.0. The summed E-state index contributed by atoms with van der Waals surface area (Å²) in [6, 6.07) is 3.35. The number of Topliss-reactive ketones (excluding diaryl/α,β-unsaturated/α-hetero) is 1. The second-order valence-corrected chi connectivity index (χ2v) is 13.7. The largest absolute Gasteiger partial charge is 0.510 e. The average Bonchev–Trinajstić information content (AvgIpc) is 3.37. The zero-order valence-electron chi connectivity index (χ0n) is 22.9. The van der Waals surface area contributed by atoms with Gasteiger partial charge in [-0.3, -0.25) is 14.6 Å². The molecule has 2 heterocycles. The number of carbonyl (C=O) groups excluding carboxylic acids is 2. The maximum atomic E-state index is 12.7. The second kappa shape index (κ2) is 15.1. The summed E-state index contributed by atoms with van der Waals surface area (Å²) in [5, 5.41) is 37.0. The summed E-state index contributed by atoms with van der Waals surface area (Å²) >= 11 is 19.5. The molecule has 12 nitrogen and oxygen atoms in total. The Hall–Kier alpha value is -1.95. The number of nitrogens with one attached hydrogen (secondary N) is 1. The van der Waals surface area contributed by atoms with Gasteiger partial charge in [-0.1, -0.05) is 21.1 Å². The van der Waals surface area contributed by atoms with E-state index >= 15 is 0 Å². The van der Waals surface area contributed by atoms with E-state index in [9.17, 15) is 24.9 Å². The number of alkyl halides is 1. The number of aliphatic hydroxyl groups excluding tert-OH is 3. The molecule has 0 saturated heterocycles. The van der Waals surface area contributed by atoms with Gasteiger partial charge in [0, 0.05) is 23.7 Å². The molecular formula is C27H26Br4ClN3O9. The Kier molecular flexibility index (Phi) is 12.0. The van der Waals surface area contributed by atoms with Crippen molar-refractivity contribution in [2.75, 3.05) is 26.8 Å². The highest BCUT2D eigenvalue weighted by atomic mass is 79.9. The Balaban J connectivity index is 1.25. The van der Waals surface area contributed by atoms with Crippen LogP contribution in [-0.4, -0.2) is 83.0 Å². The molecule has 2 aliphatic heterocycles. The molecule has 0 aromatic heterocycles. The molecule has 4 N–H and O–H groups in total. The van der Waals surface area contributed by atoms with Crippen molar-refractivity contribution in [1.82, 2.24) is 5.32 Å². The van der Waals surface area contributed by atoms with Crippen LogP contribution in [0.25, 0.3) is 0 Å². The number of allylic oxidation sites excluding steroid dienone is 3. The molecule has 1 aliphatic carbocycles. The lowest BCUT2D eigenvalue weighted by atomic mass is 10.0. The molecule has 4 atom stereocenters. The van der Waals surface area contributed by atoms with Crippen LogP contribution in [0, 0.1) is 0 Å². The summed E-state index contributed by atoms with van der Waals surface area (Å²) in [7, 11) is 1.48. The monoisotopic (exact) mass is 887 g/mol. The summed E-state index contributed by atoms with van der Waals surface area (Å²) in [4.78, 5) is 34.1. The highest BCUT2D eigenvalue weighted by molar-refractivity contribution is 9.12. The van der Waals surface area contributed by atoms with E-state index < -0.39 is 29.3 Å². The third kappa shape index (κ3) is 7.70. The van der Waals surface area contributed by atoms with Gasteiger partial charge in [0.25, 0.3) is 5.91 Å². The van der Waals surface area contributed by atoms with E-state index in [1.807, 2.05) is 0 Å². The number of halogens is 5. The number of oxime groups is 1. The van der Waals surface area contributed by atoms with Gasteiger partial charge in [0.2, 0.25) is 0 Å². The summed E-state index contributed by atoms with van der Waals surface area (Å²) in [6.07, 6.45) is 0.526. The van der Waals surface area contributed by atoms with E-state index in [0.717, 1.165) is 0 Å². The highest BCUT2D eigenvalue weighted by Gasteiger charge is 2.54. The Bertz CT molecular complexity index is 1460. The van der Waals surface area contributed by atoms with Crippen molar-refractivity contribution in [2.24, 2.45) is 10.1 Å². The van der Waals surface area contributed by atoms with Crippen LogP contribution in [0.4, 0.5) is 0 Å². The van der Waals surface area contributed by atoms with E-state index in [2.05, 4.69) is 79.2 Å². The molecule has 0 fully saturated rings. The third-order valence-corrected chi connectivity index (χ3v) is 9.36. The van der Waals surface area contributed by atoms with Crippen molar-refractivity contribution in [3.05, 3.63) is 59.0 Å². The smallest absolute Gasteiger partial charge is 0.311 e. The number of benzene rings is 1. The Morgan fingerprint density at radius 1 is 1.32 bits per heavy atom. The van der Waals surface area contributed by atoms with Gasteiger partial charge < -0.3 is 39.7 Å². The van der Waals surface area contributed by atoms with E-state index in [1.54, 1.807) is 12.1 Å². The molecule has 1 aromatic carbocycles. The van der Waals surface area contributed by atoms with Gasteiger partial charge in [-0.25, -0.2) is 0 Å². The molecule has 1 aromatic rings. The lowest BCUT2D eigenvalue weighted by Crippen LogP contribution is -2.49. The standard InChI is InChI=1S/C27H26Br4ClN3O9/c1-41-23-16(30)8-27(43-11-17(23)31)25(39)21(35-44-27)26(40)34-3-2-4-42-24-14(28)5-12(6-15(24)29)20(37)10-33-9-13-19(36)7-18(32)22(13)38/h5-6,9,11,18,20,25,37-39H,2-4,7-8,10H2,1H3,(H,34,40). The van der Waals surface area contributed by atoms with Crippen LogP contribution in [0.3, 0.4) is 0 Å². The summed E-state index contributed by atoms with van der Waals surface area (Å²) in [5.41, 5.74) is 0.353. The number of hydrogen-bond donors (Lipinski definition) is 4. The number of methoxy groups -OCH3 is 1. The van der Waals surface area contributed by atoms with E-state index in [0.29, 0.717) is 41.4 Å². The third-order valence-electron chi connectivity index (χ3n) is 6.63. The molecular weight excluding hydrogens is 865 g/mol. The van der Waals surface area contributed by atoms with Crippen molar-refractivity contribution in [2.45, 2.75) is 42.6 Å². The van der Waals surface area contributed by atoms with Gasteiger partial charge in [0.15, 0.2) is 17.6 Å². The topological polar surface area (TPSA) is 168 Å². The van der Waals surface area contributed by atoms with E-state index in [1.165, 1.54) is 19.6 Å². The van der Waals surface area contributed by atoms with Crippen molar-refractivity contribution in [1.29, 1.82) is 0 Å². The minimum Gasteiger partial charge on any atom is -0.510 e. The van der Waals surface area contributed by atoms with Crippen molar-refractivity contribution >= 4 is 98.9 Å². The fourth-order valence-electron chi connectivity index (χ4n) is 4.31. The van der Waals surface area contributed by atoms with Gasteiger partial charge in [0.1, 0.15) is 23.5 Å². The molecule has 238 valence electrons. The van der Waals surface area contributed by atoms with Crippen molar-refractivity contribution < 1.29 is 44.0 Å². The number of aliphatic hydroxyl groups is 3. The van der Waals surface area contributed by atoms with Gasteiger partial charge >= 0.3 is 5.79 Å². The molecule has 1 spiro atoms. The molecule has 0 bridgehead atoms. The van der Waals surface area contributed by atoms with Gasteiger partial charge in [-0.05, 0) is 71.9 Å². The van der Waals surface area contributed by atoms with Crippen LogP contribution in [0.15, 0.2) is 63.5 Å². The molecule has 0 saturated carbocycles. The lowest BCUT2D eigenvalue weighted by molar-refractivity contribution is -0.225. The molecule has 3 aliphatic rings. The summed E-state index contributed by atoms with van der Waals surface area (Å²) in [6.45, 7) is 0.390. The van der Waals surface area contributed by atoms with Crippen LogP contribution in [0.1, 0.15) is 30.9 Å². The Labute approximate surface area is 290 Å². The van der Waals surface area contributed by atoms with Gasteiger partial charge in [0.05, 0.1) is 57.2 Å². The first-order valence-electron chi connectivity index (χ1n) is 13.0. The van der Waals surface area contributed by atoms with Crippen molar-refractivity contribution in [3.8, 4) is 5.75 Å². The zero-order chi connectivity index (χ0) is 32.2. The van der Waals surface area contributed by atoms with Crippen LogP contribution < -0.4 is 10.1 Å². The van der Waals surface area contributed by atoms with Crippen LogP contribution in [0.5, 0.6) is 5.75 Å². The minimum absolute atomic E-state index is 0.0115. The fourth-order valence-corrected chi connectivity index (χ4v) is 7.55. The predicted molar refractivity (Wildman–Crippen MR) is 175 cm³/mol.